The van der Waals surface area contributed by atoms with E-state index in [1.54, 1.807) is 24.3 Å². The van der Waals surface area contributed by atoms with Gasteiger partial charge in [0.15, 0.2) is 5.84 Å². The second-order valence-electron chi connectivity index (χ2n) is 7.93. The number of fused-ring (bicyclic) bond motifs is 1. The van der Waals surface area contributed by atoms with Crippen LogP contribution in [0, 0.1) is 0 Å². The molecule has 0 aliphatic carbocycles. The smallest absolute Gasteiger partial charge is 0.323 e. The van der Waals surface area contributed by atoms with Crippen molar-refractivity contribution in [3.05, 3.63) is 59.7 Å². The first-order valence-corrected chi connectivity index (χ1v) is 9.95. The Bertz CT molecular complexity index is 1160. The van der Waals surface area contributed by atoms with Crippen molar-refractivity contribution in [3.8, 4) is 0 Å². The molecular formula is C23H23N5O4. The molecule has 32 heavy (non-hydrogen) atoms. The van der Waals surface area contributed by atoms with Gasteiger partial charge in [-0.15, -0.1) is 5.10 Å². The summed E-state index contributed by atoms with van der Waals surface area (Å²) in [5.74, 6) is -2.14. The van der Waals surface area contributed by atoms with E-state index in [1.807, 2.05) is 62.3 Å². The average Bonchev–Trinajstić information content (AvgIpc) is 3.22. The third-order valence-electron chi connectivity index (χ3n) is 5.37. The Morgan fingerprint density at radius 1 is 0.844 bits per heavy atom. The number of benzene rings is 2. The molecule has 4 rings (SSSR count). The van der Waals surface area contributed by atoms with Crippen LogP contribution in [0.1, 0.15) is 5.56 Å². The van der Waals surface area contributed by atoms with E-state index in [1.165, 1.54) is 5.01 Å². The lowest BCUT2D eigenvalue weighted by molar-refractivity contribution is -0.140. The predicted molar refractivity (Wildman–Crippen MR) is 123 cm³/mol. The quantitative estimate of drug-likeness (QED) is 0.747. The van der Waals surface area contributed by atoms with Crippen LogP contribution < -0.4 is 14.8 Å². The number of rotatable bonds is 6. The van der Waals surface area contributed by atoms with Gasteiger partial charge in [-0.2, -0.15) is 5.01 Å². The minimum absolute atomic E-state index is 0.0609. The van der Waals surface area contributed by atoms with Crippen molar-refractivity contribution in [2.45, 2.75) is 0 Å². The average molecular weight is 433 g/mol. The normalized spacial score (nSPS) is 15.3. The Hall–Kier alpha value is -4.14. The van der Waals surface area contributed by atoms with Gasteiger partial charge in [-0.05, 0) is 42.0 Å². The SMILES string of the molecule is CN(C)c1ccc(C2=C3C(=O)N(c4ccc(N(C)C)cc4)N=C3N(CC(=O)O)C2=O)cc1. The Labute approximate surface area is 185 Å². The first kappa shape index (κ1) is 21.1. The van der Waals surface area contributed by atoms with E-state index in [-0.39, 0.29) is 17.0 Å². The summed E-state index contributed by atoms with van der Waals surface area (Å²) in [5.41, 5.74) is 3.23. The maximum atomic E-state index is 13.4. The highest BCUT2D eigenvalue weighted by atomic mass is 16.4. The van der Waals surface area contributed by atoms with Gasteiger partial charge < -0.3 is 14.9 Å². The van der Waals surface area contributed by atoms with Crippen molar-refractivity contribution < 1.29 is 19.5 Å². The summed E-state index contributed by atoms with van der Waals surface area (Å²) < 4.78 is 0. The lowest BCUT2D eigenvalue weighted by Gasteiger charge is -2.18. The molecule has 0 spiro atoms. The summed E-state index contributed by atoms with van der Waals surface area (Å²) in [6.07, 6.45) is 0. The minimum Gasteiger partial charge on any atom is -0.480 e. The van der Waals surface area contributed by atoms with Crippen LogP contribution in [-0.4, -0.2) is 68.4 Å². The zero-order chi connectivity index (χ0) is 23.2. The molecule has 0 unspecified atom stereocenters. The molecule has 0 atom stereocenters. The fourth-order valence-corrected chi connectivity index (χ4v) is 3.68. The number of carbonyl (C=O) groups is 3. The molecule has 0 saturated carbocycles. The van der Waals surface area contributed by atoms with Crippen molar-refractivity contribution in [1.82, 2.24) is 4.90 Å². The summed E-state index contributed by atoms with van der Waals surface area (Å²) in [5, 5.41) is 14.9. The first-order chi connectivity index (χ1) is 15.2. The molecule has 0 bridgehead atoms. The highest BCUT2D eigenvalue weighted by Crippen LogP contribution is 2.37. The summed E-state index contributed by atoms with van der Waals surface area (Å²) in [6.45, 7) is -0.582. The molecule has 2 heterocycles. The number of carboxylic acid groups (broad SMARTS) is 1. The molecule has 9 nitrogen and oxygen atoms in total. The number of aliphatic carboxylic acids is 1. The Kier molecular flexibility index (Phi) is 5.17. The molecule has 9 heteroatoms. The summed E-state index contributed by atoms with van der Waals surface area (Å²) in [4.78, 5) is 42.8. The first-order valence-electron chi connectivity index (χ1n) is 9.95. The molecule has 164 valence electrons. The van der Waals surface area contributed by atoms with Crippen molar-refractivity contribution in [3.63, 3.8) is 0 Å². The number of amidine groups is 1. The molecule has 0 radical (unpaired) electrons. The summed E-state index contributed by atoms with van der Waals surface area (Å²) >= 11 is 0. The van der Waals surface area contributed by atoms with Gasteiger partial charge in [0.05, 0.1) is 16.8 Å². The van der Waals surface area contributed by atoms with E-state index in [0.29, 0.717) is 11.3 Å². The number of amides is 2. The van der Waals surface area contributed by atoms with E-state index < -0.39 is 24.3 Å². The Balaban J connectivity index is 1.79. The largest absolute Gasteiger partial charge is 0.480 e. The Morgan fingerprint density at radius 3 is 1.88 bits per heavy atom. The minimum atomic E-state index is -1.19. The summed E-state index contributed by atoms with van der Waals surface area (Å²) in [6, 6.07) is 14.4. The number of nitrogens with zero attached hydrogens (tertiary/aromatic N) is 5. The van der Waals surface area contributed by atoms with E-state index in [2.05, 4.69) is 5.10 Å². The van der Waals surface area contributed by atoms with Gasteiger partial charge in [0.1, 0.15) is 6.54 Å². The molecule has 2 amide bonds. The number of carboxylic acids is 1. The number of hydrogen-bond acceptors (Lipinski definition) is 6. The van der Waals surface area contributed by atoms with Gasteiger partial charge in [0, 0.05) is 39.6 Å². The van der Waals surface area contributed by atoms with Gasteiger partial charge in [-0.3, -0.25) is 19.3 Å². The highest BCUT2D eigenvalue weighted by Gasteiger charge is 2.47. The molecule has 0 aromatic heterocycles. The van der Waals surface area contributed by atoms with Crippen molar-refractivity contribution >= 4 is 46.3 Å². The maximum Gasteiger partial charge on any atom is 0.323 e. The van der Waals surface area contributed by atoms with Crippen molar-refractivity contribution in [2.75, 3.05) is 49.5 Å². The number of carbonyl (C=O) groups excluding carboxylic acids is 2. The second-order valence-corrected chi connectivity index (χ2v) is 7.93. The van der Waals surface area contributed by atoms with Crippen LogP contribution in [0.3, 0.4) is 0 Å². The van der Waals surface area contributed by atoms with Crippen LogP contribution in [0.4, 0.5) is 17.1 Å². The molecular weight excluding hydrogens is 410 g/mol. The van der Waals surface area contributed by atoms with E-state index in [4.69, 9.17) is 0 Å². The standard InChI is InChI=1S/C23H23N5O4/c1-25(2)15-7-5-14(6-8-15)19-20-21(27(22(19)31)13-18(29)30)24-28(23(20)32)17-11-9-16(10-12-17)26(3)4/h5-12H,13H2,1-4H3,(H,29,30). The topological polar surface area (TPSA) is 96.8 Å². The summed E-state index contributed by atoms with van der Waals surface area (Å²) in [7, 11) is 7.62. The van der Waals surface area contributed by atoms with Crippen LogP contribution in [0.25, 0.3) is 5.57 Å². The van der Waals surface area contributed by atoms with Crippen LogP contribution >= 0.6 is 0 Å². The molecule has 2 aromatic carbocycles. The van der Waals surface area contributed by atoms with Crippen LogP contribution in [0.15, 0.2) is 59.2 Å². The maximum absolute atomic E-state index is 13.4. The van der Waals surface area contributed by atoms with Crippen LogP contribution in [0.2, 0.25) is 0 Å². The molecule has 2 aliphatic heterocycles. The van der Waals surface area contributed by atoms with Crippen LogP contribution in [0.5, 0.6) is 0 Å². The van der Waals surface area contributed by atoms with Gasteiger partial charge in [0.2, 0.25) is 0 Å². The fraction of sp³-hybridized carbons (Fsp3) is 0.217. The van der Waals surface area contributed by atoms with Crippen molar-refractivity contribution in [2.24, 2.45) is 5.10 Å². The van der Waals surface area contributed by atoms with E-state index in [0.717, 1.165) is 16.3 Å². The molecule has 0 fully saturated rings. The van der Waals surface area contributed by atoms with E-state index >= 15 is 0 Å². The number of anilines is 3. The monoisotopic (exact) mass is 433 g/mol. The van der Waals surface area contributed by atoms with Gasteiger partial charge in [0.25, 0.3) is 11.8 Å². The second kappa shape index (κ2) is 7.84. The lowest BCUT2D eigenvalue weighted by atomic mass is 10.0. The third kappa shape index (κ3) is 3.47. The molecule has 1 N–H and O–H groups in total. The zero-order valence-electron chi connectivity index (χ0n) is 18.2. The molecule has 2 aliphatic rings. The molecule has 0 saturated heterocycles. The molecule has 2 aromatic rings. The number of hydrogen-bond donors (Lipinski definition) is 1. The Morgan fingerprint density at radius 2 is 1.38 bits per heavy atom. The zero-order valence-corrected chi connectivity index (χ0v) is 18.2. The van der Waals surface area contributed by atoms with Gasteiger partial charge >= 0.3 is 5.97 Å². The fourth-order valence-electron chi connectivity index (χ4n) is 3.68. The van der Waals surface area contributed by atoms with Crippen molar-refractivity contribution in [1.29, 1.82) is 0 Å². The lowest BCUT2D eigenvalue weighted by Crippen LogP contribution is -2.36. The third-order valence-corrected chi connectivity index (χ3v) is 5.37. The van der Waals surface area contributed by atoms with E-state index in [9.17, 15) is 19.5 Å². The van der Waals surface area contributed by atoms with Gasteiger partial charge in [-0.1, -0.05) is 12.1 Å². The van der Waals surface area contributed by atoms with Crippen LogP contribution in [-0.2, 0) is 14.4 Å². The predicted octanol–water partition coefficient (Wildman–Crippen LogP) is 1.86. The van der Waals surface area contributed by atoms with Gasteiger partial charge in [-0.25, -0.2) is 0 Å². The number of hydrazone groups is 1. The highest BCUT2D eigenvalue weighted by molar-refractivity contribution is 6.48.